The molecule has 0 aliphatic rings. The Hall–Kier alpha value is -1.65. The van der Waals surface area contributed by atoms with Crippen LogP contribution < -0.4 is 5.32 Å². The number of ketones is 1. The molecular weight excluding hydrogens is 194 g/mol. The third-order valence-corrected chi connectivity index (χ3v) is 2.12. The Labute approximate surface area is 88.5 Å². The van der Waals surface area contributed by atoms with Crippen molar-refractivity contribution in [1.29, 1.82) is 0 Å². The Kier molecular flexibility index (Phi) is 3.60. The molecule has 0 aliphatic heterocycles. The van der Waals surface area contributed by atoms with E-state index in [-0.39, 0.29) is 24.2 Å². The molecule has 5 heteroatoms. The topological polar surface area (TPSA) is 64.0 Å². The van der Waals surface area contributed by atoms with E-state index < -0.39 is 0 Å². The van der Waals surface area contributed by atoms with Crippen LogP contribution in [0.1, 0.15) is 24.3 Å². The van der Waals surface area contributed by atoms with Gasteiger partial charge in [0.2, 0.25) is 0 Å². The highest BCUT2D eigenvalue weighted by molar-refractivity contribution is 5.95. The minimum absolute atomic E-state index is 0.0190. The fourth-order valence-corrected chi connectivity index (χ4v) is 1.04. The van der Waals surface area contributed by atoms with E-state index >= 15 is 0 Å². The Morgan fingerprint density at radius 2 is 2.20 bits per heavy atom. The number of nitrogens with one attached hydrogen (secondary N) is 1. The molecule has 0 saturated heterocycles. The summed E-state index contributed by atoms with van der Waals surface area (Å²) >= 11 is 0. The molecular formula is C10H15N3O2. The van der Waals surface area contributed by atoms with Crippen LogP contribution in [0.4, 0.5) is 0 Å². The standard InChI is InChI=1S/C10H15N3O2/c1-7(2)9(14)5-12-10(15)8-4-11-6-13(8)3/h4,6-7H,5H2,1-3H3,(H,12,15). The second kappa shape index (κ2) is 4.72. The Morgan fingerprint density at radius 1 is 1.53 bits per heavy atom. The molecule has 0 unspecified atom stereocenters. The SMILES string of the molecule is CC(C)C(=O)CNC(=O)c1cncn1C. The minimum atomic E-state index is -0.274. The number of aromatic nitrogens is 2. The molecule has 1 heterocycles. The molecule has 15 heavy (non-hydrogen) atoms. The van der Waals surface area contributed by atoms with Gasteiger partial charge in [-0.1, -0.05) is 13.8 Å². The van der Waals surface area contributed by atoms with Crippen molar-refractivity contribution in [1.82, 2.24) is 14.9 Å². The highest BCUT2D eigenvalue weighted by Crippen LogP contribution is 1.97. The smallest absolute Gasteiger partial charge is 0.269 e. The Bertz CT molecular complexity index is 368. The lowest BCUT2D eigenvalue weighted by Crippen LogP contribution is -2.32. The number of amides is 1. The Balaban J connectivity index is 2.51. The van der Waals surface area contributed by atoms with E-state index in [1.807, 2.05) is 0 Å². The van der Waals surface area contributed by atoms with Gasteiger partial charge in [-0.3, -0.25) is 9.59 Å². The van der Waals surface area contributed by atoms with Crippen LogP contribution in [0.2, 0.25) is 0 Å². The first kappa shape index (κ1) is 11.4. The summed E-state index contributed by atoms with van der Waals surface area (Å²) in [6.07, 6.45) is 3.01. The van der Waals surface area contributed by atoms with Gasteiger partial charge in [-0.05, 0) is 0 Å². The monoisotopic (exact) mass is 209 g/mol. The lowest BCUT2D eigenvalue weighted by molar-refractivity contribution is -0.120. The molecule has 1 amide bonds. The minimum Gasteiger partial charge on any atom is -0.344 e. The molecule has 0 spiro atoms. The zero-order valence-corrected chi connectivity index (χ0v) is 9.15. The van der Waals surface area contributed by atoms with Crippen LogP contribution in [0, 0.1) is 5.92 Å². The largest absolute Gasteiger partial charge is 0.344 e. The maximum Gasteiger partial charge on any atom is 0.269 e. The van der Waals surface area contributed by atoms with Crippen LogP contribution in [0.5, 0.6) is 0 Å². The summed E-state index contributed by atoms with van der Waals surface area (Å²) < 4.78 is 1.61. The number of nitrogens with zero attached hydrogens (tertiary/aromatic N) is 2. The number of carbonyl (C=O) groups is 2. The van der Waals surface area contributed by atoms with E-state index in [9.17, 15) is 9.59 Å². The summed E-state index contributed by atoms with van der Waals surface area (Å²) in [5.74, 6) is -0.314. The number of Topliss-reactive ketones (excluding diaryl/α,β-unsaturated/α-hetero) is 1. The maximum absolute atomic E-state index is 11.5. The van der Waals surface area contributed by atoms with Crippen molar-refractivity contribution in [2.24, 2.45) is 13.0 Å². The van der Waals surface area contributed by atoms with Gasteiger partial charge in [0.25, 0.3) is 5.91 Å². The molecule has 0 radical (unpaired) electrons. The van der Waals surface area contributed by atoms with Crippen LogP contribution in [0.25, 0.3) is 0 Å². The van der Waals surface area contributed by atoms with Crippen molar-refractivity contribution in [3.05, 3.63) is 18.2 Å². The van der Waals surface area contributed by atoms with Crippen molar-refractivity contribution < 1.29 is 9.59 Å². The first-order chi connectivity index (χ1) is 7.02. The fraction of sp³-hybridized carbons (Fsp3) is 0.500. The van der Waals surface area contributed by atoms with Gasteiger partial charge in [0, 0.05) is 13.0 Å². The Morgan fingerprint density at radius 3 is 2.67 bits per heavy atom. The molecule has 0 fully saturated rings. The molecule has 0 bridgehead atoms. The summed E-state index contributed by atoms with van der Waals surface area (Å²) in [7, 11) is 1.73. The molecule has 1 N–H and O–H groups in total. The highest BCUT2D eigenvalue weighted by atomic mass is 16.2. The van der Waals surface area contributed by atoms with E-state index in [1.165, 1.54) is 6.20 Å². The first-order valence-corrected chi connectivity index (χ1v) is 4.79. The van der Waals surface area contributed by atoms with Gasteiger partial charge < -0.3 is 9.88 Å². The fourth-order valence-electron chi connectivity index (χ4n) is 1.04. The van der Waals surface area contributed by atoms with Crippen molar-refractivity contribution in [2.45, 2.75) is 13.8 Å². The second-order valence-corrected chi connectivity index (χ2v) is 3.69. The van der Waals surface area contributed by atoms with E-state index in [4.69, 9.17) is 0 Å². The predicted molar refractivity (Wildman–Crippen MR) is 55.4 cm³/mol. The second-order valence-electron chi connectivity index (χ2n) is 3.69. The maximum atomic E-state index is 11.5. The average molecular weight is 209 g/mol. The quantitative estimate of drug-likeness (QED) is 0.779. The van der Waals surface area contributed by atoms with Crippen LogP contribution >= 0.6 is 0 Å². The normalized spacial score (nSPS) is 10.4. The zero-order valence-electron chi connectivity index (χ0n) is 9.15. The summed E-state index contributed by atoms with van der Waals surface area (Å²) in [6.45, 7) is 3.68. The van der Waals surface area contributed by atoms with Crippen LogP contribution in [-0.2, 0) is 11.8 Å². The van der Waals surface area contributed by atoms with Gasteiger partial charge >= 0.3 is 0 Å². The van der Waals surface area contributed by atoms with Gasteiger partial charge in [-0.15, -0.1) is 0 Å². The molecule has 5 nitrogen and oxygen atoms in total. The van der Waals surface area contributed by atoms with E-state index in [2.05, 4.69) is 10.3 Å². The van der Waals surface area contributed by atoms with Gasteiger partial charge in [0.1, 0.15) is 5.69 Å². The molecule has 0 saturated carbocycles. The third kappa shape index (κ3) is 2.90. The predicted octanol–water partition coefficient (Wildman–Crippen LogP) is 0.375. The third-order valence-electron chi connectivity index (χ3n) is 2.12. The van der Waals surface area contributed by atoms with Crippen molar-refractivity contribution in [3.8, 4) is 0 Å². The highest BCUT2D eigenvalue weighted by Gasteiger charge is 2.12. The molecule has 0 aliphatic carbocycles. The van der Waals surface area contributed by atoms with E-state index in [1.54, 1.807) is 31.8 Å². The molecule has 1 aromatic rings. The number of carbonyl (C=O) groups excluding carboxylic acids is 2. The summed E-state index contributed by atoms with van der Waals surface area (Å²) in [6, 6.07) is 0. The number of hydrogen-bond donors (Lipinski definition) is 1. The summed E-state index contributed by atoms with van der Waals surface area (Å²) in [5, 5.41) is 2.56. The molecule has 82 valence electrons. The zero-order chi connectivity index (χ0) is 11.4. The van der Waals surface area contributed by atoms with Crippen LogP contribution in [0.15, 0.2) is 12.5 Å². The summed E-state index contributed by atoms with van der Waals surface area (Å²) in [4.78, 5) is 26.6. The number of imidazole rings is 1. The number of rotatable bonds is 4. The van der Waals surface area contributed by atoms with Crippen LogP contribution in [0.3, 0.4) is 0 Å². The van der Waals surface area contributed by atoms with E-state index in [0.29, 0.717) is 5.69 Å². The van der Waals surface area contributed by atoms with Crippen LogP contribution in [-0.4, -0.2) is 27.8 Å². The van der Waals surface area contributed by atoms with Gasteiger partial charge in [0.15, 0.2) is 5.78 Å². The molecule has 1 aromatic heterocycles. The molecule has 0 atom stereocenters. The average Bonchev–Trinajstić information content (AvgIpc) is 2.60. The first-order valence-electron chi connectivity index (χ1n) is 4.79. The van der Waals surface area contributed by atoms with Gasteiger partial charge in [-0.25, -0.2) is 4.98 Å². The number of hydrogen-bond acceptors (Lipinski definition) is 3. The molecule has 1 rings (SSSR count). The lowest BCUT2D eigenvalue weighted by atomic mass is 10.1. The lowest BCUT2D eigenvalue weighted by Gasteiger charge is -2.06. The van der Waals surface area contributed by atoms with Crippen molar-refractivity contribution in [2.75, 3.05) is 6.54 Å². The van der Waals surface area contributed by atoms with E-state index in [0.717, 1.165) is 0 Å². The molecule has 0 aromatic carbocycles. The van der Waals surface area contributed by atoms with Gasteiger partial charge in [-0.2, -0.15) is 0 Å². The summed E-state index contributed by atoms with van der Waals surface area (Å²) in [5.41, 5.74) is 0.451. The number of aryl methyl sites for hydroxylation is 1. The van der Waals surface area contributed by atoms with Crippen molar-refractivity contribution >= 4 is 11.7 Å². The van der Waals surface area contributed by atoms with Gasteiger partial charge in [0.05, 0.1) is 19.1 Å². The van der Waals surface area contributed by atoms with Crippen molar-refractivity contribution in [3.63, 3.8) is 0 Å².